The van der Waals surface area contributed by atoms with Crippen LogP contribution in [0.3, 0.4) is 0 Å². The third kappa shape index (κ3) is 14.5. The average Bonchev–Trinajstić information content (AvgIpc) is 3.19. The van der Waals surface area contributed by atoms with Crippen LogP contribution in [0.4, 0.5) is 0 Å². The van der Waals surface area contributed by atoms with Gasteiger partial charge in [-0.1, -0.05) is 0 Å². The Balaban J connectivity index is 1.63. The molecule has 0 atom stereocenters. The SMILES string of the molecule is NNC(=O)c1cc2c(C(=O)NN)cc1OCCOCCOCCOCCOc1cc(C(=O)NN)c(cc1C(=O)NN)OCCOCCOCCOCCO2. The van der Waals surface area contributed by atoms with E-state index in [9.17, 15) is 19.2 Å². The van der Waals surface area contributed by atoms with Gasteiger partial charge in [-0.15, -0.1) is 0 Å². The average molecular weight is 769 g/mol. The molecule has 4 heterocycles. The maximum Gasteiger partial charge on any atom is 0.269 e. The summed E-state index contributed by atoms with van der Waals surface area (Å²) in [6.45, 7) is 2.43. The van der Waals surface area contributed by atoms with Gasteiger partial charge in [0, 0.05) is 0 Å². The van der Waals surface area contributed by atoms with E-state index >= 15 is 0 Å². The van der Waals surface area contributed by atoms with Gasteiger partial charge >= 0.3 is 0 Å². The molecule has 4 bridgehead atoms. The van der Waals surface area contributed by atoms with Crippen LogP contribution < -0.4 is 64.0 Å². The third-order valence-electron chi connectivity index (χ3n) is 7.10. The Hall–Kier alpha value is -4.88. The molecule has 22 nitrogen and oxygen atoms in total. The largest absolute Gasteiger partial charge is 0.490 e. The lowest BCUT2D eigenvalue weighted by molar-refractivity contribution is 0.00456. The molecule has 4 aliphatic heterocycles. The summed E-state index contributed by atoms with van der Waals surface area (Å²) >= 11 is 0. The van der Waals surface area contributed by atoms with Gasteiger partial charge in [0.2, 0.25) is 0 Å². The van der Waals surface area contributed by atoms with Crippen LogP contribution in [-0.2, 0) is 28.4 Å². The molecule has 0 aliphatic carbocycles. The lowest BCUT2D eigenvalue weighted by Crippen LogP contribution is -2.32. The van der Waals surface area contributed by atoms with E-state index in [-0.39, 0.29) is 151 Å². The molecular formula is C32H48N8O14. The topological polar surface area (TPSA) is 313 Å². The first kappa shape index (κ1) is 43.5. The molecule has 54 heavy (non-hydrogen) atoms. The zero-order valence-corrected chi connectivity index (χ0v) is 29.6. The number of nitrogen functional groups attached to an aromatic ring is 4. The fourth-order valence-corrected chi connectivity index (χ4v) is 4.54. The van der Waals surface area contributed by atoms with Gasteiger partial charge in [-0.3, -0.25) is 40.9 Å². The minimum atomic E-state index is -0.682. The number of hydrazine groups is 4. The molecule has 2 aromatic rings. The molecule has 22 heteroatoms. The van der Waals surface area contributed by atoms with E-state index in [1.807, 2.05) is 21.7 Å². The number of carbonyl (C=O) groups is 4. The maximum atomic E-state index is 12.5. The summed E-state index contributed by atoms with van der Waals surface area (Å²) in [6.07, 6.45) is 0. The first-order valence-corrected chi connectivity index (χ1v) is 16.7. The molecular weight excluding hydrogens is 720 g/mol. The van der Waals surface area contributed by atoms with Crippen molar-refractivity contribution < 1.29 is 66.5 Å². The number of hydrogen-bond donors (Lipinski definition) is 8. The lowest BCUT2D eigenvalue weighted by atomic mass is 10.1. The van der Waals surface area contributed by atoms with Crippen LogP contribution in [0.1, 0.15) is 41.4 Å². The Morgan fingerprint density at radius 3 is 0.667 bits per heavy atom. The second-order valence-corrected chi connectivity index (χ2v) is 10.7. The predicted molar refractivity (Wildman–Crippen MR) is 186 cm³/mol. The molecule has 0 unspecified atom stereocenters. The highest BCUT2D eigenvalue weighted by atomic mass is 16.6. The standard InChI is InChI=1S/C32H48N8O14/c33-37-29(41)21-18-27-22(30(42)38-34)17-25(21)51-13-9-47-5-1-45-2-6-48-10-14-52-26-19-24(32(44)40-36)28(20-23(26)31(43)39-35)54-16-12-50-8-4-46-3-7-49-11-15-53-27/h17-20H,1-16,33-36H2,(H,37,41)(H,38,42)(H,39,43)(H,40,44). The first-order valence-electron chi connectivity index (χ1n) is 16.7. The fourth-order valence-electron chi connectivity index (χ4n) is 4.54. The van der Waals surface area contributed by atoms with Crippen molar-refractivity contribution in [1.82, 2.24) is 21.7 Å². The van der Waals surface area contributed by atoms with Crippen molar-refractivity contribution in [2.45, 2.75) is 0 Å². The first-order chi connectivity index (χ1) is 26.3. The molecule has 12 N–H and O–H groups in total. The highest BCUT2D eigenvalue weighted by Gasteiger charge is 2.23. The van der Waals surface area contributed by atoms with E-state index in [4.69, 9.17) is 70.7 Å². The van der Waals surface area contributed by atoms with E-state index in [0.717, 1.165) is 0 Å². The highest BCUT2D eigenvalue weighted by Crippen LogP contribution is 2.31. The minimum Gasteiger partial charge on any atom is -0.490 e. The van der Waals surface area contributed by atoms with Crippen LogP contribution in [0.2, 0.25) is 0 Å². The Kier molecular flexibility index (Phi) is 20.3. The van der Waals surface area contributed by atoms with Gasteiger partial charge in [0.15, 0.2) is 0 Å². The summed E-state index contributed by atoms with van der Waals surface area (Å²) in [5.41, 5.74) is 8.22. The van der Waals surface area contributed by atoms with Gasteiger partial charge in [0.25, 0.3) is 23.6 Å². The van der Waals surface area contributed by atoms with E-state index < -0.39 is 23.6 Å². The van der Waals surface area contributed by atoms with Gasteiger partial charge in [0.1, 0.15) is 49.4 Å². The van der Waals surface area contributed by atoms with E-state index in [1.165, 1.54) is 24.3 Å². The summed E-state index contributed by atoms with van der Waals surface area (Å²) in [4.78, 5) is 50.1. The van der Waals surface area contributed by atoms with Gasteiger partial charge < -0.3 is 47.4 Å². The van der Waals surface area contributed by atoms with Crippen LogP contribution in [0, 0.1) is 0 Å². The zero-order chi connectivity index (χ0) is 39.0. The normalized spacial score (nSPS) is 16.5. The molecule has 0 spiro atoms. The lowest BCUT2D eigenvalue weighted by Gasteiger charge is -2.17. The third-order valence-corrected chi connectivity index (χ3v) is 7.10. The number of amides is 4. The highest BCUT2D eigenvalue weighted by molar-refractivity contribution is 6.03. The summed E-state index contributed by atoms with van der Waals surface area (Å²) in [5.74, 6) is 18.9. The Labute approximate surface area is 310 Å². The summed E-state index contributed by atoms with van der Waals surface area (Å²) in [6, 6.07) is 5.25. The number of benzene rings is 2. The Morgan fingerprint density at radius 2 is 0.500 bits per heavy atom. The predicted octanol–water partition coefficient (Wildman–Crippen LogP) is -2.57. The molecule has 2 aromatic carbocycles. The quantitative estimate of drug-likeness (QED) is 0.0900. The van der Waals surface area contributed by atoms with Gasteiger partial charge in [0.05, 0.1) is 102 Å². The molecule has 4 amide bonds. The molecule has 4 aliphatic rings. The Morgan fingerprint density at radius 1 is 0.333 bits per heavy atom. The van der Waals surface area contributed by atoms with Crippen molar-refractivity contribution in [3.05, 3.63) is 46.5 Å². The second-order valence-electron chi connectivity index (χ2n) is 10.7. The smallest absolute Gasteiger partial charge is 0.269 e. The van der Waals surface area contributed by atoms with E-state index in [2.05, 4.69) is 0 Å². The van der Waals surface area contributed by atoms with Crippen molar-refractivity contribution >= 4 is 23.6 Å². The maximum absolute atomic E-state index is 12.5. The van der Waals surface area contributed by atoms with Gasteiger partial charge in [-0.05, 0) is 24.3 Å². The second kappa shape index (κ2) is 25.2. The number of carbonyl (C=O) groups excluding carboxylic acids is 4. The summed E-state index contributed by atoms with van der Waals surface area (Å²) in [7, 11) is 0. The molecule has 6 rings (SSSR count). The van der Waals surface area contributed by atoms with Crippen molar-refractivity contribution in [3.8, 4) is 23.0 Å². The number of rotatable bonds is 4. The number of nitrogens with one attached hydrogen (secondary N) is 4. The number of ether oxygens (including phenoxy) is 10. The monoisotopic (exact) mass is 768 g/mol. The van der Waals surface area contributed by atoms with E-state index in [0.29, 0.717) is 0 Å². The summed E-state index contributed by atoms with van der Waals surface area (Å²) in [5, 5.41) is 0. The number of nitrogens with two attached hydrogens (primary N) is 4. The fraction of sp³-hybridized carbons (Fsp3) is 0.500. The van der Waals surface area contributed by atoms with Crippen molar-refractivity contribution in [2.24, 2.45) is 23.4 Å². The van der Waals surface area contributed by atoms with Crippen molar-refractivity contribution in [1.29, 1.82) is 0 Å². The van der Waals surface area contributed by atoms with Crippen LogP contribution in [0.25, 0.3) is 0 Å². The van der Waals surface area contributed by atoms with Gasteiger partial charge in [-0.2, -0.15) is 0 Å². The Bertz CT molecular complexity index is 1280. The van der Waals surface area contributed by atoms with E-state index in [1.54, 1.807) is 0 Å². The molecule has 300 valence electrons. The summed E-state index contributed by atoms with van der Waals surface area (Å²) < 4.78 is 56.1. The van der Waals surface area contributed by atoms with Crippen molar-refractivity contribution in [3.63, 3.8) is 0 Å². The molecule has 0 saturated carbocycles. The van der Waals surface area contributed by atoms with Gasteiger partial charge in [-0.25, -0.2) is 23.4 Å². The number of hydrogen-bond acceptors (Lipinski definition) is 18. The molecule has 0 aromatic heterocycles. The minimum absolute atomic E-state index is 0.0121. The molecule has 0 saturated heterocycles. The van der Waals surface area contributed by atoms with Crippen LogP contribution in [0.15, 0.2) is 24.3 Å². The zero-order valence-electron chi connectivity index (χ0n) is 29.6. The van der Waals surface area contributed by atoms with Crippen LogP contribution >= 0.6 is 0 Å². The van der Waals surface area contributed by atoms with Crippen LogP contribution in [0.5, 0.6) is 23.0 Å². The molecule has 0 radical (unpaired) electrons. The molecule has 0 fully saturated rings. The van der Waals surface area contributed by atoms with Crippen LogP contribution in [-0.4, -0.2) is 129 Å². The van der Waals surface area contributed by atoms with Crippen molar-refractivity contribution in [2.75, 3.05) is 106 Å².